The van der Waals surface area contributed by atoms with E-state index in [-0.39, 0.29) is 11.1 Å². The summed E-state index contributed by atoms with van der Waals surface area (Å²) in [7, 11) is 0. The molecule has 0 atom stereocenters. The predicted molar refractivity (Wildman–Crippen MR) is 105 cm³/mol. The van der Waals surface area contributed by atoms with E-state index in [1.54, 1.807) is 20.0 Å². The number of carboxylic acid groups (broad SMARTS) is 2. The van der Waals surface area contributed by atoms with Gasteiger partial charge in [-0.05, 0) is 43.2 Å². The normalized spacial score (nSPS) is 9.86. The Labute approximate surface area is 166 Å². The number of H-pyrrole nitrogens is 1. The van der Waals surface area contributed by atoms with Crippen LogP contribution in [0.3, 0.4) is 0 Å². The van der Waals surface area contributed by atoms with Crippen LogP contribution in [-0.4, -0.2) is 44.9 Å². The molecule has 29 heavy (non-hydrogen) atoms. The number of carbonyl (C=O) groups excluding carboxylic acids is 1. The Bertz CT molecular complexity index is 979. The fraction of sp³-hybridized carbons (Fsp3) is 0.143. The topological polar surface area (TPSA) is 130 Å². The SMILES string of the molecule is CCOC(=O)c1n[nH]cc1-c1ccccc1.Cc1cc(C(=O)O)cc(C(=O)O)c1. The van der Waals surface area contributed by atoms with Gasteiger partial charge in [0.05, 0.1) is 17.7 Å². The number of benzene rings is 2. The van der Waals surface area contributed by atoms with Crippen LogP contribution in [0.2, 0.25) is 0 Å². The van der Waals surface area contributed by atoms with Crippen molar-refractivity contribution in [3.8, 4) is 11.1 Å². The molecule has 0 aliphatic rings. The second-order valence-electron chi connectivity index (χ2n) is 5.93. The highest BCUT2D eigenvalue weighted by molar-refractivity contribution is 5.95. The highest BCUT2D eigenvalue weighted by atomic mass is 16.5. The minimum atomic E-state index is -1.12. The second kappa shape index (κ2) is 9.84. The van der Waals surface area contributed by atoms with Crippen molar-refractivity contribution < 1.29 is 29.3 Å². The first-order valence-corrected chi connectivity index (χ1v) is 8.68. The van der Waals surface area contributed by atoms with Crippen LogP contribution in [0.4, 0.5) is 0 Å². The van der Waals surface area contributed by atoms with E-state index < -0.39 is 17.9 Å². The molecule has 0 spiro atoms. The van der Waals surface area contributed by atoms with Crippen LogP contribution in [0.25, 0.3) is 11.1 Å². The number of aromatic carboxylic acids is 2. The Kier molecular flexibility index (Phi) is 7.25. The Balaban J connectivity index is 0.000000212. The molecule has 0 aliphatic heterocycles. The van der Waals surface area contributed by atoms with E-state index in [0.717, 1.165) is 17.2 Å². The van der Waals surface area contributed by atoms with Gasteiger partial charge >= 0.3 is 17.9 Å². The van der Waals surface area contributed by atoms with Crippen LogP contribution in [0.1, 0.15) is 43.7 Å². The van der Waals surface area contributed by atoms with Gasteiger partial charge in [-0.1, -0.05) is 30.3 Å². The minimum absolute atomic E-state index is 0.00241. The van der Waals surface area contributed by atoms with Crippen molar-refractivity contribution in [2.45, 2.75) is 13.8 Å². The zero-order valence-corrected chi connectivity index (χ0v) is 15.9. The highest BCUT2D eigenvalue weighted by Crippen LogP contribution is 2.21. The zero-order valence-electron chi connectivity index (χ0n) is 15.9. The lowest BCUT2D eigenvalue weighted by Gasteiger charge is -2.01. The van der Waals surface area contributed by atoms with Crippen LogP contribution < -0.4 is 0 Å². The first kappa shape index (κ1) is 21.4. The number of ether oxygens (including phenoxy) is 1. The van der Waals surface area contributed by atoms with Gasteiger partial charge in [0.1, 0.15) is 0 Å². The monoisotopic (exact) mass is 396 g/mol. The van der Waals surface area contributed by atoms with E-state index in [1.807, 2.05) is 30.3 Å². The van der Waals surface area contributed by atoms with Gasteiger partial charge in [-0.2, -0.15) is 5.10 Å². The molecule has 0 aliphatic carbocycles. The minimum Gasteiger partial charge on any atom is -0.478 e. The Morgan fingerprint density at radius 1 is 1.00 bits per heavy atom. The number of aromatic nitrogens is 2. The van der Waals surface area contributed by atoms with E-state index in [2.05, 4.69) is 10.2 Å². The van der Waals surface area contributed by atoms with Crippen molar-refractivity contribution in [3.05, 3.63) is 77.1 Å². The number of nitrogens with zero attached hydrogens (tertiary/aromatic N) is 1. The summed E-state index contributed by atoms with van der Waals surface area (Å²) < 4.78 is 4.93. The molecule has 0 saturated carbocycles. The van der Waals surface area contributed by atoms with Gasteiger partial charge in [0.15, 0.2) is 5.69 Å². The van der Waals surface area contributed by atoms with Crippen molar-refractivity contribution in [2.24, 2.45) is 0 Å². The smallest absolute Gasteiger partial charge is 0.359 e. The summed E-state index contributed by atoms with van der Waals surface area (Å²) in [6, 6.07) is 13.6. The first-order chi connectivity index (χ1) is 13.8. The molecule has 1 heterocycles. The van der Waals surface area contributed by atoms with Crippen LogP contribution in [0.5, 0.6) is 0 Å². The van der Waals surface area contributed by atoms with E-state index in [0.29, 0.717) is 17.9 Å². The molecule has 3 N–H and O–H groups in total. The molecule has 3 aromatic rings. The standard InChI is InChI=1S/C12H12N2O2.C9H8O4/c1-2-16-12(15)11-10(8-13-14-11)9-6-4-3-5-7-9;1-5-2-6(8(10)11)4-7(3-5)9(12)13/h3-8H,2H2,1H3,(H,13,14);2-4H,1H3,(H,10,11)(H,12,13). The molecular formula is C21H20N2O6. The van der Waals surface area contributed by atoms with Crippen LogP contribution in [-0.2, 0) is 4.74 Å². The predicted octanol–water partition coefficient (Wildman–Crippen LogP) is 3.64. The molecule has 3 rings (SSSR count). The van der Waals surface area contributed by atoms with Gasteiger partial charge in [0.2, 0.25) is 0 Å². The molecule has 2 aromatic carbocycles. The lowest BCUT2D eigenvalue weighted by atomic mass is 10.1. The van der Waals surface area contributed by atoms with E-state index >= 15 is 0 Å². The third kappa shape index (κ3) is 5.77. The number of carboxylic acids is 2. The van der Waals surface area contributed by atoms with Crippen molar-refractivity contribution in [1.82, 2.24) is 10.2 Å². The molecular weight excluding hydrogens is 376 g/mol. The molecule has 150 valence electrons. The summed E-state index contributed by atoms with van der Waals surface area (Å²) in [4.78, 5) is 32.7. The van der Waals surface area contributed by atoms with Crippen LogP contribution in [0.15, 0.2) is 54.7 Å². The number of hydrogen-bond acceptors (Lipinski definition) is 5. The first-order valence-electron chi connectivity index (χ1n) is 8.68. The molecule has 8 heteroatoms. The summed E-state index contributed by atoms with van der Waals surface area (Å²) in [5.41, 5.74) is 2.65. The Morgan fingerprint density at radius 2 is 1.59 bits per heavy atom. The van der Waals surface area contributed by atoms with Crippen molar-refractivity contribution in [1.29, 1.82) is 0 Å². The van der Waals surface area contributed by atoms with Crippen LogP contribution >= 0.6 is 0 Å². The number of carbonyl (C=O) groups is 3. The third-order valence-electron chi connectivity index (χ3n) is 3.77. The molecule has 0 unspecified atom stereocenters. The van der Waals surface area contributed by atoms with Crippen molar-refractivity contribution >= 4 is 17.9 Å². The van der Waals surface area contributed by atoms with Gasteiger partial charge in [-0.15, -0.1) is 0 Å². The second-order valence-corrected chi connectivity index (χ2v) is 5.93. The van der Waals surface area contributed by atoms with Gasteiger partial charge in [0.25, 0.3) is 0 Å². The molecule has 8 nitrogen and oxygen atoms in total. The molecule has 1 aromatic heterocycles. The van der Waals surface area contributed by atoms with Gasteiger partial charge in [-0.3, -0.25) is 5.10 Å². The highest BCUT2D eigenvalue weighted by Gasteiger charge is 2.16. The summed E-state index contributed by atoms with van der Waals surface area (Å²) in [6.45, 7) is 3.77. The van der Waals surface area contributed by atoms with Crippen LogP contribution in [0, 0.1) is 6.92 Å². The zero-order chi connectivity index (χ0) is 21.4. The lowest BCUT2D eigenvalue weighted by Crippen LogP contribution is -2.06. The summed E-state index contributed by atoms with van der Waals surface area (Å²) in [6.07, 6.45) is 1.70. The van der Waals surface area contributed by atoms with Crippen molar-refractivity contribution in [3.63, 3.8) is 0 Å². The third-order valence-corrected chi connectivity index (χ3v) is 3.77. The molecule has 0 radical (unpaired) electrons. The quantitative estimate of drug-likeness (QED) is 0.561. The Hall–Kier alpha value is -3.94. The van der Waals surface area contributed by atoms with Gasteiger partial charge < -0.3 is 14.9 Å². The number of rotatable bonds is 5. The maximum atomic E-state index is 11.6. The summed E-state index contributed by atoms with van der Waals surface area (Å²) in [5, 5.41) is 23.8. The summed E-state index contributed by atoms with van der Waals surface area (Å²) >= 11 is 0. The number of esters is 1. The fourth-order valence-electron chi connectivity index (χ4n) is 2.51. The number of nitrogens with one attached hydrogen (secondary N) is 1. The summed E-state index contributed by atoms with van der Waals surface area (Å²) in [5.74, 6) is -2.64. The maximum absolute atomic E-state index is 11.6. The number of aromatic amines is 1. The van der Waals surface area contributed by atoms with E-state index in [1.165, 1.54) is 12.1 Å². The maximum Gasteiger partial charge on any atom is 0.359 e. The average Bonchev–Trinajstić information content (AvgIpc) is 3.19. The van der Waals surface area contributed by atoms with E-state index in [9.17, 15) is 14.4 Å². The molecule has 0 bridgehead atoms. The fourth-order valence-corrected chi connectivity index (χ4v) is 2.51. The lowest BCUT2D eigenvalue weighted by molar-refractivity contribution is 0.0519. The average molecular weight is 396 g/mol. The van der Waals surface area contributed by atoms with Gasteiger partial charge in [0, 0.05) is 11.8 Å². The number of aryl methyl sites for hydroxylation is 1. The molecule has 0 amide bonds. The molecule has 0 fully saturated rings. The Morgan fingerprint density at radius 3 is 2.10 bits per heavy atom. The van der Waals surface area contributed by atoms with Gasteiger partial charge in [-0.25, -0.2) is 14.4 Å². The van der Waals surface area contributed by atoms with E-state index in [4.69, 9.17) is 14.9 Å². The van der Waals surface area contributed by atoms with Crippen molar-refractivity contribution in [2.75, 3.05) is 6.61 Å². The molecule has 0 saturated heterocycles. The number of hydrogen-bond donors (Lipinski definition) is 3. The largest absolute Gasteiger partial charge is 0.478 e.